The summed E-state index contributed by atoms with van der Waals surface area (Å²) in [6.07, 6.45) is 11.4. The minimum atomic E-state index is -0.562. The van der Waals surface area contributed by atoms with Crippen molar-refractivity contribution in [2.45, 2.75) is 96.9 Å². The van der Waals surface area contributed by atoms with E-state index in [9.17, 15) is 14.4 Å². The highest BCUT2D eigenvalue weighted by molar-refractivity contribution is 5.96. The number of fused-ring (bicyclic) bond motifs is 2. The Morgan fingerprint density at radius 3 is 2.62 bits per heavy atom. The number of nitrogens with zero attached hydrogens (tertiary/aromatic N) is 2. The maximum absolute atomic E-state index is 13.6. The maximum atomic E-state index is 13.6. The number of aromatic nitrogens is 2. The summed E-state index contributed by atoms with van der Waals surface area (Å²) < 4.78 is 12.5. The van der Waals surface area contributed by atoms with Gasteiger partial charge in [0.15, 0.2) is 0 Å². The number of rotatable bonds is 11. The second-order valence-corrected chi connectivity index (χ2v) is 12.5. The van der Waals surface area contributed by atoms with Crippen molar-refractivity contribution in [2.24, 2.45) is 35.3 Å². The van der Waals surface area contributed by atoms with Crippen LogP contribution in [0.1, 0.15) is 83.0 Å². The van der Waals surface area contributed by atoms with Crippen LogP contribution in [0.15, 0.2) is 18.3 Å². The Hall–Kier alpha value is -3.04. The third kappa shape index (κ3) is 7.13. The number of aryl methyl sites for hydroxylation is 1. The third-order valence-corrected chi connectivity index (χ3v) is 8.55. The molecule has 0 saturated heterocycles. The van der Waals surface area contributed by atoms with Gasteiger partial charge in [-0.05, 0) is 95.8 Å². The minimum Gasteiger partial charge on any atom is -0.475 e. The average molecular weight is 544 g/mol. The van der Waals surface area contributed by atoms with Gasteiger partial charge in [0.25, 0.3) is 5.91 Å². The quantitative estimate of drug-likeness (QED) is 0.363. The first kappa shape index (κ1) is 29.0. The van der Waals surface area contributed by atoms with E-state index in [0.717, 1.165) is 25.7 Å². The fourth-order valence-electron chi connectivity index (χ4n) is 7.18. The van der Waals surface area contributed by atoms with E-state index in [1.807, 2.05) is 39.8 Å². The zero-order valence-electron chi connectivity index (χ0n) is 23.9. The minimum absolute atomic E-state index is 0.103. The summed E-state index contributed by atoms with van der Waals surface area (Å²) in [5.41, 5.74) is 5.44. The highest BCUT2D eigenvalue weighted by Gasteiger charge is 2.51. The Bertz CT molecular complexity index is 1080. The number of nitrogens with two attached hydrogens (primary N) is 1. The van der Waals surface area contributed by atoms with Gasteiger partial charge >= 0.3 is 6.09 Å². The van der Waals surface area contributed by atoms with Gasteiger partial charge in [-0.1, -0.05) is 12.2 Å². The normalized spacial score (nSPS) is 27.9. The molecule has 3 aliphatic rings. The molecule has 1 aromatic heterocycles. The van der Waals surface area contributed by atoms with Crippen LogP contribution in [0.4, 0.5) is 4.79 Å². The number of primary amides is 1. The van der Waals surface area contributed by atoms with Crippen molar-refractivity contribution in [3.8, 4) is 5.88 Å². The van der Waals surface area contributed by atoms with Crippen LogP contribution in [0.25, 0.3) is 0 Å². The lowest BCUT2D eigenvalue weighted by atomic mass is 9.76. The van der Waals surface area contributed by atoms with Crippen LogP contribution in [0.3, 0.4) is 0 Å². The lowest BCUT2D eigenvalue weighted by Crippen LogP contribution is -2.43. The zero-order chi connectivity index (χ0) is 28.3. The molecule has 39 heavy (non-hydrogen) atoms. The Morgan fingerprint density at radius 2 is 1.92 bits per heavy atom. The van der Waals surface area contributed by atoms with Crippen LogP contribution in [0, 0.1) is 29.6 Å². The number of nitrogens with one attached hydrogen (secondary N) is 2. The standard InChI is InChI=1S/C29H45N5O5/c1-17(2)39-27-23(16-31-34(27)9-7-6-8-29(3,4)33-28(37)38-5)26(36)32-25-21-12-18-10-19(14-24(30)35)13-22(25)20(11-18)15-21/h6,8,16-22,25H,7,9-15H2,1-5H3,(H2,30,35)(H,32,36)(H,33,37)/b8-6+/t18?,19-,20?,21+,22?,25+/m0/s1. The lowest BCUT2D eigenvalue weighted by Gasteiger charge is -2.32. The third-order valence-electron chi connectivity index (χ3n) is 8.55. The molecule has 3 amide bonds. The number of methoxy groups -OCH3 is 1. The van der Waals surface area contributed by atoms with E-state index >= 15 is 0 Å². The molecular weight excluding hydrogens is 498 g/mol. The summed E-state index contributed by atoms with van der Waals surface area (Å²) in [4.78, 5) is 36.8. The summed E-state index contributed by atoms with van der Waals surface area (Å²) in [6.45, 7) is 8.15. The SMILES string of the molecule is COC(=O)NC(C)(C)/C=C/CCn1ncc(C(=O)N[C@H]2C3C[C@@H](CC(N)=O)CC4CC3C[C@H]2C4)c1OC(C)C. The zero-order valence-corrected chi connectivity index (χ0v) is 23.9. The van der Waals surface area contributed by atoms with E-state index in [4.69, 9.17) is 10.5 Å². The molecule has 6 atom stereocenters. The Labute approximate surface area is 231 Å². The number of alkyl carbamates (subject to hydrolysis) is 1. The van der Waals surface area contributed by atoms with Gasteiger partial charge in [-0.15, -0.1) is 0 Å². The Kier molecular flexibility index (Phi) is 8.91. The molecule has 0 aromatic carbocycles. The van der Waals surface area contributed by atoms with Gasteiger partial charge in [0.2, 0.25) is 11.8 Å². The Morgan fingerprint density at radius 1 is 1.18 bits per heavy atom. The molecule has 3 fully saturated rings. The number of allylic oxidation sites excluding steroid dienone is 1. The molecule has 0 spiro atoms. The van der Waals surface area contributed by atoms with E-state index in [2.05, 4.69) is 20.5 Å². The number of carbonyl (C=O) groups is 3. The van der Waals surface area contributed by atoms with Crippen molar-refractivity contribution in [1.82, 2.24) is 20.4 Å². The first-order chi connectivity index (χ1) is 18.5. The number of ether oxygens (including phenoxy) is 2. The van der Waals surface area contributed by atoms with E-state index in [-0.39, 0.29) is 24.0 Å². The molecule has 10 heteroatoms. The van der Waals surface area contributed by atoms with Gasteiger partial charge < -0.3 is 25.8 Å². The van der Waals surface area contributed by atoms with E-state index in [1.165, 1.54) is 13.5 Å². The summed E-state index contributed by atoms with van der Waals surface area (Å²) in [6, 6.07) is 0.103. The molecule has 216 valence electrons. The first-order valence-corrected chi connectivity index (χ1v) is 14.3. The van der Waals surface area contributed by atoms with Crippen LogP contribution in [0.2, 0.25) is 0 Å². The highest BCUT2D eigenvalue weighted by Crippen LogP contribution is 2.55. The molecule has 0 radical (unpaired) electrons. The second-order valence-electron chi connectivity index (χ2n) is 12.5. The van der Waals surface area contributed by atoms with Crippen LogP contribution < -0.4 is 21.1 Å². The van der Waals surface area contributed by atoms with Gasteiger partial charge in [-0.3, -0.25) is 9.59 Å². The molecule has 3 aliphatic carbocycles. The summed E-state index contributed by atoms with van der Waals surface area (Å²) in [5, 5.41) is 10.6. The van der Waals surface area contributed by atoms with Gasteiger partial charge in [-0.25, -0.2) is 9.48 Å². The molecule has 10 nitrogen and oxygen atoms in total. The van der Waals surface area contributed by atoms with Crippen molar-refractivity contribution in [1.29, 1.82) is 0 Å². The fraction of sp³-hybridized carbons (Fsp3) is 0.724. The smallest absolute Gasteiger partial charge is 0.407 e. The van der Waals surface area contributed by atoms with Crippen molar-refractivity contribution >= 4 is 17.9 Å². The monoisotopic (exact) mass is 543 g/mol. The van der Waals surface area contributed by atoms with Crippen molar-refractivity contribution < 1.29 is 23.9 Å². The molecule has 3 bridgehead atoms. The average Bonchev–Trinajstić information content (AvgIpc) is 3.29. The van der Waals surface area contributed by atoms with Crippen molar-refractivity contribution in [2.75, 3.05) is 7.11 Å². The molecule has 4 rings (SSSR count). The number of amides is 3. The largest absolute Gasteiger partial charge is 0.475 e. The van der Waals surface area contributed by atoms with Gasteiger partial charge in [0.1, 0.15) is 5.56 Å². The molecule has 1 heterocycles. The van der Waals surface area contributed by atoms with Gasteiger partial charge in [-0.2, -0.15) is 5.10 Å². The van der Waals surface area contributed by atoms with Crippen molar-refractivity contribution in [3.05, 3.63) is 23.9 Å². The van der Waals surface area contributed by atoms with Crippen molar-refractivity contribution in [3.63, 3.8) is 0 Å². The van der Waals surface area contributed by atoms with Gasteiger partial charge in [0, 0.05) is 19.0 Å². The van der Waals surface area contributed by atoms with Crippen LogP contribution >= 0.6 is 0 Å². The summed E-state index contributed by atoms with van der Waals surface area (Å²) in [5.74, 6) is 2.49. The van der Waals surface area contributed by atoms with Crippen LogP contribution in [0.5, 0.6) is 5.88 Å². The summed E-state index contributed by atoms with van der Waals surface area (Å²) >= 11 is 0. The predicted octanol–water partition coefficient (Wildman–Crippen LogP) is 3.80. The Balaban J connectivity index is 1.44. The van der Waals surface area contributed by atoms with E-state index in [1.54, 1.807) is 10.9 Å². The number of carbonyl (C=O) groups excluding carboxylic acids is 3. The molecule has 0 aliphatic heterocycles. The predicted molar refractivity (Wildman–Crippen MR) is 147 cm³/mol. The van der Waals surface area contributed by atoms with E-state index in [0.29, 0.717) is 60.4 Å². The first-order valence-electron chi connectivity index (χ1n) is 14.3. The molecular formula is C29H45N5O5. The topological polar surface area (TPSA) is 138 Å². The number of hydrogen-bond acceptors (Lipinski definition) is 6. The molecule has 4 N–H and O–H groups in total. The van der Waals surface area contributed by atoms with Gasteiger partial charge in [0.05, 0.1) is 24.9 Å². The fourth-order valence-corrected chi connectivity index (χ4v) is 7.18. The molecule has 1 aromatic rings. The highest BCUT2D eigenvalue weighted by atomic mass is 16.5. The second kappa shape index (κ2) is 12.0. The maximum Gasteiger partial charge on any atom is 0.407 e. The molecule has 3 unspecified atom stereocenters. The summed E-state index contributed by atoms with van der Waals surface area (Å²) in [7, 11) is 1.34. The van der Waals surface area contributed by atoms with Crippen LogP contribution in [-0.2, 0) is 16.1 Å². The lowest BCUT2D eigenvalue weighted by molar-refractivity contribution is -0.119. The van der Waals surface area contributed by atoms with Crippen LogP contribution in [-0.4, -0.2) is 52.5 Å². The molecule has 3 saturated carbocycles. The van der Waals surface area contributed by atoms with E-state index < -0.39 is 11.6 Å². The number of hydrogen-bond donors (Lipinski definition) is 3.